The maximum Gasteiger partial charge on any atom is 0.184 e. The molecule has 194 valence electrons. The first kappa shape index (κ1) is 26.3. The highest BCUT2D eigenvalue weighted by molar-refractivity contribution is 7.80. The number of nitrogens with zero attached hydrogens (tertiary/aromatic N) is 1. The van der Waals surface area contributed by atoms with E-state index < -0.39 is 11.7 Å². The molecular formula is C28H49N3O2S. The molecule has 0 heterocycles. The molecule has 34 heavy (non-hydrogen) atoms. The van der Waals surface area contributed by atoms with Crippen molar-refractivity contribution in [3.05, 3.63) is 0 Å². The van der Waals surface area contributed by atoms with Crippen LogP contribution in [-0.4, -0.2) is 33.2 Å². The van der Waals surface area contributed by atoms with E-state index in [-0.39, 0.29) is 16.4 Å². The van der Waals surface area contributed by atoms with Crippen molar-refractivity contribution in [3.63, 3.8) is 0 Å². The van der Waals surface area contributed by atoms with Crippen molar-refractivity contribution >= 4 is 23.5 Å². The molecule has 0 aromatic heterocycles. The van der Waals surface area contributed by atoms with Crippen LogP contribution in [0.4, 0.5) is 0 Å². The first-order valence-electron chi connectivity index (χ1n) is 13.9. The maximum atomic E-state index is 12.3. The number of fused-ring (bicyclic) bond motifs is 5. The molecule has 0 saturated heterocycles. The van der Waals surface area contributed by atoms with Crippen LogP contribution in [0.2, 0.25) is 0 Å². The molecule has 5 N–H and O–H groups in total. The number of nitrogens with two attached hydrogens (primary N) is 1. The Morgan fingerprint density at radius 1 is 1.12 bits per heavy atom. The molecule has 0 amide bonds. The van der Waals surface area contributed by atoms with Crippen LogP contribution in [0.25, 0.3) is 0 Å². The molecule has 4 aliphatic rings. The van der Waals surface area contributed by atoms with Crippen LogP contribution in [0.5, 0.6) is 0 Å². The minimum atomic E-state index is -0.937. The van der Waals surface area contributed by atoms with Crippen molar-refractivity contribution in [2.75, 3.05) is 0 Å². The van der Waals surface area contributed by atoms with Crippen LogP contribution < -0.4 is 11.2 Å². The molecule has 10 atom stereocenters. The SMILES string of the molecule is CC(C)CCC[C@@H](C)[C@H]1CCC2C3C(/C=N/NC(N)=S)C4(O)C[C@@H](O)CC[C@]4(C)C3CC[C@@]21C. The second-order valence-electron chi connectivity index (χ2n) is 13.3. The van der Waals surface area contributed by atoms with Crippen LogP contribution >= 0.6 is 12.2 Å². The molecule has 5 nitrogen and oxygen atoms in total. The number of hydrazone groups is 1. The molecule has 0 aromatic rings. The lowest BCUT2D eigenvalue weighted by Crippen LogP contribution is -2.54. The minimum absolute atomic E-state index is 0.0843. The third-order valence-corrected chi connectivity index (χ3v) is 11.4. The van der Waals surface area contributed by atoms with Gasteiger partial charge in [0.05, 0.1) is 11.7 Å². The minimum Gasteiger partial charge on any atom is -0.393 e. The van der Waals surface area contributed by atoms with Crippen molar-refractivity contribution in [1.82, 2.24) is 5.43 Å². The van der Waals surface area contributed by atoms with E-state index in [0.29, 0.717) is 29.6 Å². The topological polar surface area (TPSA) is 90.9 Å². The average molecular weight is 492 g/mol. The lowest BCUT2D eigenvalue weighted by Gasteiger charge is -2.52. The zero-order chi connectivity index (χ0) is 24.9. The van der Waals surface area contributed by atoms with Gasteiger partial charge >= 0.3 is 0 Å². The summed E-state index contributed by atoms with van der Waals surface area (Å²) in [5, 5.41) is 27.5. The monoisotopic (exact) mass is 491 g/mol. The molecule has 4 fully saturated rings. The Morgan fingerprint density at radius 2 is 1.85 bits per heavy atom. The molecule has 0 aliphatic heterocycles. The normalized spacial score (nSPS) is 46.8. The maximum absolute atomic E-state index is 12.3. The molecule has 4 aliphatic carbocycles. The Kier molecular flexibility index (Phi) is 7.46. The van der Waals surface area contributed by atoms with E-state index in [9.17, 15) is 10.2 Å². The summed E-state index contributed by atoms with van der Waals surface area (Å²) in [5.41, 5.74) is 7.58. The highest BCUT2D eigenvalue weighted by atomic mass is 32.1. The number of aliphatic hydroxyl groups excluding tert-OH is 1. The Hall–Kier alpha value is -0.720. The van der Waals surface area contributed by atoms with E-state index in [2.05, 4.69) is 45.1 Å². The Morgan fingerprint density at radius 3 is 2.53 bits per heavy atom. The molecule has 0 spiro atoms. The van der Waals surface area contributed by atoms with E-state index >= 15 is 0 Å². The largest absolute Gasteiger partial charge is 0.393 e. The quantitative estimate of drug-likeness (QED) is 0.222. The van der Waals surface area contributed by atoms with Gasteiger partial charge in [0.1, 0.15) is 0 Å². The predicted molar refractivity (Wildman–Crippen MR) is 143 cm³/mol. The smallest absolute Gasteiger partial charge is 0.184 e. The molecule has 0 bridgehead atoms. The fraction of sp³-hybridized carbons (Fsp3) is 0.929. The number of thiocarbonyl (C=S) groups is 1. The first-order chi connectivity index (χ1) is 15.9. The average Bonchev–Trinajstić information content (AvgIpc) is 3.18. The summed E-state index contributed by atoms with van der Waals surface area (Å²) in [6.45, 7) is 12.0. The summed E-state index contributed by atoms with van der Waals surface area (Å²) in [5.74, 6) is 3.66. The van der Waals surface area contributed by atoms with Crippen molar-refractivity contribution in [2.24, 2.45) is 63.1 Å². The van der Waals surface area contributed by atoms with Crippen molar-refractivity contribution in [2.45, 2.75) is 111 Å². The van der Waals surface area contributed by atoms with Crippen molar-refractivity contribution in [3.8, 4) is 0 Å². The standard InChI is InChI=1S/C28H49N3O2S/c1-17(2)7-6-8-18(3)20-9-10-21-24-22(12-13-26(20,21)4)27(5)14-11-19(32)15-28(27,33)23(24)16-30-31-25(29)34/h16-24,32-33H,6-15H2,1-5H3,(H3,29,31,34)/b30-16+/t18-,19+,20-,21?,22?,23?,24?,26-,27-,28?/m1/s1. The van der Waals surface area contributed by atoms with Crippen LogP contribution in [0.15, 0.2) is 5.10 Å². The zero-order valence-corrected chi connectivity index (χ0v) is 22.9. The van der Waals surface area contributed by atoms with E-state index in [4.69, 9.17) is 18.0 Å². The van der Waals surface area contributed by atoms with Gasteiger partial charge in [-0.15, -0.1) is 0 Å². The summed E-state index contributed by atoms with van der Waals surface area (Å²) in [7, 11) is 0. The van der Waals surface area contributed by atoms with E-state index in [1.54, 1.807) is 0 Å². The molecule has 0 aromatic carbocycles. The number of nitrogens with one attached hydrogen (secondary N) is 1. The van der Waals surface area contributed by atoms with Gasteiger partial charge in [-0.1, -0.05) is 53.9 Å². The van der Waals surface area contributed by atoms with Gasteiger partial charge in [0.25, 0.3) is 0 Å². The number of hydrogen-bond acceptors (Lipinski definition) is 4. The Balaban J connectivity index is 1.63. The van der Waals surface area contributed by atoms with Gasteiger partial charge in [-0.2, -0.15) is 5.10 Å². The second kappa shape index (κ2) is 9.63. The number of aliphatic hydroxyl groups is 2. The molecular weight excluding hydrogens is 442 g/mol. The fourth-order valence-electron chi connectivity index (χ4n) is 9.59. The van der Waals surface area contributed by atoms with Gasteiger partial charge in [0, 0.05) is 24.0 Å². The summed E-state index contributed by atoms with van der Waals surface area (Å²) in [6, 6.07) is 0. The number of rotatable bonds is 7. The van der Waals surface area contributed by atoms with Gasteiger partial charge < -0.3 is 15.9 Å². The Labute approximate surface area is 212 Å². The fourth-order valence-corrected chi connectivity index (χ4v) is 9.64. The van der Waals surface area contributed by atoms with Gasteiger partial charge in [-0.05, 0) is 91.7 Å². The summed E-state index contributed by atoms with van der Waals surface area (Å²) >= 11 is 4.97. The molecule has 5 unspecified atom stereocenters. The van der Waals surface area contributed by atoms with Crippen molar-refractivity contribution in [1.29, 1.82) is 0 Å². The lowest BCUT2D eigenvalue weighted by atomic mass is 9.53. The van der Waals surface area contributed by atoms with Gasteiger partial charge in [-0.3, -0.25) is 5.43 Å². The van der Waals surface area contributed by atoms with Gasteiger partial charge in [0.15, 0.2) is 5.11 Å². The Bertz CT molecular complexity index is 790. The summed E-state index contributed by atoms with van der Waals surface area (Å²) in [4.78, 5) is 0. The number of hydrogen-bond donors (Lipinski definition) is 4. The highest BCUT2D eigenvalue weighted by Gasteiger charge is 2.71. The summed E-state index contributed by atoms with van der Waals surface area (Å²) < 4.78 is 0. The third-order valence-electron chi connectivity index (χ3n) is 11.3. The van der Waals surface area contributed by atoms with E-state index in [0.717, 1.165) is 30.6 Å². The summed E-state index contributed by atoms with van der Waals surface area (Å²) in [6.07, 6.45) is 12.6. The van der Waals surface area contributed by atoms with Crippen LogP contribution in [0.1, 0.15) is 98.8 Å². The van der Waals surface area contributed by atoms with E-state index in [1.165, 1.54) is 44.9 Å². The molecule has 0 radical (unpaired) electrons. The second-order valence-corrected chi connectivity index (χ2v) is 13.8. The van der Waals surface area contributed by atoms with Crippen LogP contribution in [0, 0.1) is 52.3 Å². The van der Waals surface area contributed by atoms with E-state index in [1.807, 2.05) is 6.21 Å². The zero-order valence-electron chi connectivity index (χ0n) is 22.1. The molecule has 4 rings (SSSR count). The van der Waals surface area contributed by atoms with Gasteiger partial charge in [0.2, 0.25) is 0 Å². The van der Waals surface area contributed by atoms with Crippen molar-refractivity contribution < 1.29 is 10.2 Å². The third kappa shape index (κ3) is 4.24. The highest BCUT2D eigenvalue weighted by Crippen LogP contribution is 2.72. The predicted octanol–water partition coefficient (Wildman–Crippen LogP) is 5.24. The lowest BCUT2D eigenvalue weighted by molar-refractivity contribution is -0.141. The van der Waals surface area contributed by atoms with Crippen LogP contribution in [0.3, 0.4) is 0 Å². The van der Waals surface area contributed by atoms with Crippen LogP contribution in [-0.2, 0) is 0 Å². The first-order valence-corrected chi connectivity index (χ1v) is 14.3. The molecule has 4 saturated carbocycles. The van der Waals surface area contributed by atoms with Gasteiger partial charge in [-0.25, -0.2) is 0 Å². The molecule has 6 heteroatoms.